The predicted octanol–water partition coefficient (Wildman–Crippen LogP) is 3.98. The van der Waals surface area contributed by atoms with Crippen molar-refractivity contribution in [2.45, 2.75) is 115 Å². The number of primary amides is 1. The summed E-state index contributed by atoms with van der Waals surface area (Å²) in [4.78, 5) is 34.7. The fourth-order valence-corrected chi connectivity index (χ4v) is 5.66. The lowest BCUT2D eigenvalue weighted by Crippen LogP contribution is -2.50. The Hall–Kier alpha value is -3.38. The lowest BCUT2D eigenvalue weighted by atomic mass is 9.87. The van der Waals surface area contributed by atoms with Crippen LogP contribution in [0.15, 0.2) is 60.2 Å². The van der Waals surface area contributed by atoms with Gasteiger partial charge in [0, 0.05) is 19.4 Å². The number of amides is 2. The maximum absolute atomic E-state index is 12.3. The fourth-order valence-electron chi connectivity index (χ4n) is 5.66. The van der Waals surface area contributed by atoms with E-state index in [1.807, 2.05) is 32.1 Å². The molecule has 3 aliphatic heterocycles. The molecule has 10 nitrogen and oxygen atoms in total. The molecule has 1 aromatic carbocycles. The van der Waals surface area contributed by atoms with Crippen molar-refractivity contribution in [2.24, 2.45) is 11.7 Å². The summed E-state index contributed by atoms with van der Waals surface area (Å²) < 4.78 is 35.0. The molecule has 3 fully saturated rings. The van der Waals surface area contributed by atoms with Crippen LogP contribution in [0.4, 0.5) is 4.39 Å². The van der Waals surface area contributed by atoms with E-state index in [0.717, 1.165) is 12.0 Å². The smallest absolute Gasteiger partial charge is 0.303 e. The van der Waals surface area contributed by atoms with Crippen LogP contribution in [0.2, 0.25) is 0 Å². The minimum Gasteiger partial charge on any atom is -0.459 e. The number of hydrogen-bond donors (Lipinski definition) is 3. The summed E-state index contributed by atoms with van der Waals surface area (Å²) in [7, 11) is 0. The topological polar surface area (TPSA) is 150 Å². The minimum atomic E-state index is -0.801. The van der Waals surface area contributed by atoms with E-state index in [4.69, 9.17) is 24.7 Å². The van der Waals surface area contributed by atoms with E-state index in [1.54, 1.807) is 32.1 Å². The summed E-state index contributed by atoms with van der Waals surface area (Å²) in [5.74, 6) is -0.999. The Bertz CT molecular complexity index is 1270. The molecule has 2 amide bonds. The normalized spacial score (nSPS) is 31.7. The van der Waals surface area contributed by atoms with E-state index in [0.29, 0.717) is 25.0 Å². The van der Waals surface area contributed by atoms with Crippen LogP contribution in [0.1, 0.15) is 65.9 Å². The van der Waals surface area contributed by atoms with E-state index in [1.165, 1.54) is 19.1 Å². The van der Waals surface area contributed by atoms with E-state index >= 15 is 0 Å². The molecule has 4 rings (SSSR count). The van der Waals surface area contributed by atoms with Gasteiger partial charge in [-0.25, -0.2) is 4.39 Å². The molecule has 1 spiro atoms. The van der Waals surface area contributed by atoms with Crippen LogP contribution in [-0.2, 0) is 33.3 Å². The fraction of sp³-hybridized carbons (Fsp3) is 0.571. The summed E-state index contributed by atoms with van der Waals surface area (Å²) >= 11 is 0. The van der Waals surface area contributed by atoms with Gasteiger partial charge in [-0.2, -0.15) is 0 Å². The molecule has 11 heteroatoms. The molecule has 254 valence electrons. The Morgan fingerprint density at radius 2 is 1.89 bits per heavy atom. The zero-order valence-electron chi connectivity index (χ0n) is 27.6. The van der Waals surface area contributed by atoms with E-state index in [2.05, 4.69) is 18.3 Å². The van der Waals surface area contributed by atoms with Crippen LogP contribution in [0.25, 0.3) is 0 Å². The van der Waals surface area contributed by atoms with Crippen LogP contribution >= 0.6 is 0 Å². The zero-order chi connectivity index (χ0) is 34.0. The lowest BCUT2D eigenvalue weighted by Gasteiger charge is -2.39. The van der Waals surface area contributed by atoms with Crippen molar-refractivity contribution >= 4 is 17.8 Å². The number of hydrogen-bond acceptors (Lipinski definition) is 8. The number of nitrogens with one attached hydrogen (secondary N) is 1. The maximum Gasteiger partial charge on any atom is 0.303 e. The van der Waals surface area contributed by atoms with Gasteiger partial charge in [-0.1, -0.05) is 48.9 Å². The second-order valence-corrected chi connectivity index (χ2v) is 12.6. The van der Waals surface area contributed by atoms with Crippen LogP contribution in [0, 0.1) is 18.7 Å². The summed E-state index contributed by atoms with van der Waals surface area (Å²) in [6.07, 6.45) is 8.36. The first-order chi connectivity index (χ1) is 21.7. The molecular formula is C35H49FN2O8. The number of rotatable bonds is 10. The average molecular weight is 645 g/mol. The summed E-state index contributed by atoms with van der Waals surface area (Å²) in [6, 6.07) is 6.58. The highest BCUT2D eigenvalue weighted by atomic mass is 19.1. The number of carbonyl (C=O) groups excluding carboxylic acids is 3. The Labute approximate surface area is 271 Å². The molecule has 1 aromatic rings. The highest BCUT2D eigenvalue weighted by molar-refractivity contribution is 5.87. The molecule has 0 saturated carbocycles. The Morgan fingerprint density at radius 3 is 2.48 bits per heavy atom. The van der Waals surface area contributed by atoms with Crippen LogP contribution < -0.4 is 11.1 Å². The number of allylic oxidation sites excluding steroid dienone is 2. The van der Waals surface area contributed by atoms with Gasteiger partial charge in [0.25, 0.3) is 0 Å². The highest BCUT2D eigenvalue weighted by Gasteiger charge is 2.58. The molecule has 0 bridgehead atoms. The monoisotopic (exact) mass is 644 g/mol. The van der Waals surface area contributed by atoms with Crippen LogP contribution in [0.3, 0.4) is 0 Å². The first-order valence-electron chi connectivity index (χ1n) is 15.8. The maximum atomic E-state index is 12.3. The number of ether oxygens (including phenoxy) is 4. The molecule has 3 saturated heterocycles. The summed E-state index contributed by atoms with van der Waals surface area (Å²) in [5.41, 5.74) is 6.39. The summed E-state index contributed by atoms with van der Waals surface area (Å²) in [6.45, 7) is 11.2. The first kappa shape index (κ1) is 37.1. The van der Waals surface area contributed by atoms with Gasteiger partial charge in [0.2, 0.25) is 11.8 Å². The van der Waals surface area contributed by atoms with E-state index < -0.39 is 35.8 Å². The third-order valence-corrected chi connectivity index (χ3v) is 8.43. The minimum absolute atomic E-state index is 0.000587. The van der Waals surface area contributed by atoms with Gasteiger partial charge in [-0.3, -0.25) is 14.4 Å². The quantitative estimate of drug-likeness (QED) is 0.150. The molecule has 3 aliphatic rings. The van der Waals surface area contributed by atoms with Crippen molar-refractivity contribution in [3.05, 3.63) is 71.6 Å². The van der Waals surface area contributed by atoms with Crippen LogP contribution in [0.5, 0.6) is 0 Å². The van der Waals surface area contributed by atoms with Gasteiger partial charge >= 0.3 is 5.97 Å². The van der Waals surface area contributed by atoms with Gasteiger partial charge < -0.3 is 35.1 Å². The number of aryl methyl sites for hydroxylation is 1. The number of esters is 1. The molecule has 7 unspecified atom stereocenters. The predicted molar refractivity (Wildman–Crippen MR) is 171 cm³/mol. The number of halogens is 1. The van der Waals surface area contributed by atoms with Crippen molar-refractivity contribution in [2.75, 3.05) is 6.61 Å². The van der Waals surface area contributed by atoms with Gasteiger partial charge in [-0.15, -0.1) is 0 Å². The van der Waals surface area contributed by atoms with Crippen molar-refractivity contribution < 1.29 is 42.8 Å². The van der Waals surface area contributed by atoms with E-state index in [9.17, 15) is 23.9 Å². The SMILES string of the molecule is CC(=O)OC(C)/C=C\C(=O)NC1CC(C)C(C/C=C(C)/C=C/C2O[C@H](CC(N)=O)CC3(CO3)[C@@H]2O)OC1C.Cc1ccccc1F. The number of nitrogens with two attached hydrogens (primary N) is 1. The third kappa shape index (κ3) is 11.5. The van der Waals surface area contributed by atoms with Crippen molar-refractivity contribution in [3.63, 3.8) is 0 Å². The molecule has 9 atom stereocenters. The molecule has 46 heavy (non-hydrogen) atoms. The first-order valence-corrected chi connectivity index (χ1v) is 15.8. The highest BCUT2D eigenvalue weighted by Crippen LogP contribution is 2.43. The largest absolute Gasteiger partial charge is 0.459 e. The van der Waals surface area contributed by atoms with E-state index in [-0.39, 0.29) is 48.4 Å². The second kappa shape index (κ2) is 17.0. The Morgan fingerprint density at radius 1 is 1.20 bits per heavy atom. The standard InChI is InChI=1S/C28H42N2O8.C7H7F/c1-16(7-10-24-27(34)28(15-35-28)14-21(38-24)13-25(29)32)6-9-23-17(2)12-22(19(4)37-23)30-26(33)11-8-18(3)36-20(5)31;1-6-4-2-3-5-7(6)8/h6-8,10-11,17-19,21-24,27,34H,9,12-15H2,1-5H3,(H2,29,32)(H,30,33);2-5H,1H3/b10-7+,11-8-,16-6+;/t17?,18?,19?,21-,22?,23?,24?,27-,28?;/m1./s1. The third-order valence-electron chi connectivity index (χ3n) is 8.43. The average Bonchev–Trinajstić information content (AvgIpc) is 3.75. The zero-order valence-corrected chi connectivity index (χ0v) is 27.6. The van der Waals surface area contributed by atoms with Crippen molar-refractivity contribution in [1.29, 1.82) is 0 Å². The number of epoxide rings is 1. The molecule has 3 heterocycles. The second-order valence-electron chi connectivity index (χ2n) is 12.6. The summed E-state index contributed by atoms with van der Waals surface area (Å²) in [5, 5.41) is 13.7. The molecule has 0 aliphatic carbocycles. The van der Waals surface area contributed by atoms with Crippen LogP contribution in [-0.4, -0.2) is 77.8 Å². The van der Waals surface area contributed by atoms with Crippen molar-refractivity contribution in [3.8, 4) is 0 Å². The van der Waals surface area contributed by atoms with Gasteiger partial charge in [0.15, 0.2) is 0 Å². The number of aliphatic hydroxyl groups is 1. The molecular weight excluding hydrogens is 595 g/mol. The molecule has 0 aromatic heterocycles. The lowest BCUT2D eigenvalue weighted by molar-refractivity contribution is -0.144. The Balaban J connectivity index is 0.000000625. The molecule has 0 radical (unpaired) electrons. The Kier molecular flexibility index (Phi) is 13.7. The van der Waals surface area contributed by atoms with Gasteiger partial charge in [-0.05, 0) is 64.2 Å². The molecule has 4 N–H and O–H groups in total. The van der Waals surface area contributed by atoms with Gasteiger partial charge in [0.05, 0.1) is 37.4 Å². The number of benzene rings is 1. The van der Waals surface area contributed by atoms with Crippen molar-refractivity contribution in [1.82, 2.24) is 5.32 Å². The number of aliphatic hydroxyl groups excluding tert-OH is 1. The van der Waals surface area contributed by atoms with Gasteiger partial charge in [0.1, 0.15) is 29.7 Å². The number of carbonyl (C=O) groups is 3.